The van der Waals surface area contributed by atoms with Crippen LogP contribution in [0.5, 0.6) is 0 Å². The van der Waals surface area contributed by atoms with Crippen LogP contribution in [-0.4, -0.2) is 35.3 Å². The number of fused-ring (bicyclic) bond motifs is 1. The number of rotatable bonds is 5. The molecule has 0 aliphatic carbocycles. The fourth-order valence-electron chi connectivity index (χ4n) is 4.14. The molecule has 10 heteroatoms. The van der Waals surface area contributed by atoms with Crippen molar-refractivity contribution in [3.8, 4) is 0 Å². The van der Waals surface area contributed by atoms with Crippen molar-refractivity contribution in [2.24, 2.45) is 0 Å². The second-order valence-corrected chi connectivity index (χ2v) is 9.59. The van der Waals surface area contributed by atoms with Gasteiger partial charge in [-0.3, -0.25) is 9.59 Å². The molecule has 37 heavy (non-hydrogen) atoms. The molecular weight excluding hydrogens is 549 g/mol. The van der Waals surface area contributed by atoms with Crippen LogP contribution in [0.1, 0.15) is 45.8 Å². The monoisotopic (exact) mass is 572 g/mol. The molecular formula is C27H24BrF3N4O2. The molecule has 2 N–H and O–H groups in total. The number of amides is 2. The van der Waals surface area contributed by atoms with Crippen molar-refractivity contribution < 1.29 is 22.8 Å². The fourth-order valence-corrected chi connectivity index (χ4v) is 4.50. The number of hydrogen-bond acceptors (Lipinski definition) is 4. The summed E-state index contributed by atoms with van der Waals surface area (Å²) < 4.78 is 41.2. The Kier molecular flexibility index (Phi) is 7.40. The van der Waals surface area contributed by atoms with Crippen molar-refractivity contribution in [3.05, 3.63) is 98.4 Å². The van der Waals surface area contributed by atoms with Gasteiger partial charge in [-0.2, -0.15) is 13.2 Å². The van der Waals surface area contributed by atoms with Crippen molar-refractivity contribution in [1.29, 1.82) is 0 Å². The number of pyridine rings is 1. The van der Waals surface area contributed by atoms with Crippen LogP contribution >= 0.6 is 15.9 Å². The molecule has 0 bridgehead atoms. The number of nitrogens with zero attached hydrogens (tertiary/aromatic N) is 2. The minimum absolute atomic E-state index is 0.0756. The molecule has 1 aliphatic rings. The van der Waals surface area contributed by atoms with E-state index in [-0.39, 0.29) is 17.0 Å². The molecule has 2 heterocycles. The zero-order chi connectivity index (χ0) is 26.9. The molecule has 0 spiro atoms. The first-order valence-corrected chi connectivity index (χ1v) is 12.2. The van der Waals surface area contributed by atoms with Gasteiger partial charge in [-0.1, -0.05) is 34.1 Å². The lowest BCUT2D eigenvalue weighted by Crippen LogP contribution is -2.33. The van der Waals surface area contributed by atoms with E-state index >= 15 is 0 Å². The van der Waals surface area contributed by atoms with Crippen LogP contribution < -0.4 is 10.6 Å². The Morgan fingerprint density at radius 1 is 1.05 bits per heavy atom. The third kappa shape index (κ3) is 5.69. The molecule has 4 rings (SSSR count). The van der Waals surface area contributed by atoms with Gasteiger partial charge in [0.15, 0.2) is 0 Å². The number of aromatic nitrogens is 1. The molecule has 2 amide bonds. The third-order valence-electron chi connectivity index (χ3n) is 6.21. The number of alkyl halides is 3. The predicted octanol–water partition coefficient (Wildman–Crippen LogP) is 5.80. The SMILES string of the molecule is CNC(=O)c1ccc(CN2CC=C(C)C(NC(=O)c3cc(C(F)(F)F)nc4ccc(Br)cc34)=C2C)cc1. The lowest BCUT2D eigenvalue weighted by Gasteiger charge is -2.31. The average molecular weight is 573 g/mol. The topological polar surface area (TPSA) is 74.3 Å². The van der Waals surface area contributed by atoms with Crippen LogP contribution in [0.15, 0.2) is 76.0 Å². The molecule has 6 nitrogen and oxygen atoms in total. The smallest absolute Gasteiger partial charge is 0.365 e. The van der Waals surface area contributed by atoms with Crippen molar-refractivity contribution in [1.82, 2.24) is 20.5 Å². The lowest BCUT2D eigenvalue weighted by atomic mass is 10.0. The molecule has 0 fully saturated rings. The van der Waals surface area contributed by atoms with E-state index in [2.05, 4.69) is 31.5 Å². The maximum Gasteiger partial charge on any atom is 0.433 e. The first-order valence-electron chi connectivity index (χ1n) is 11.4. The summed E-state index contributed by atoms with van der Waals surface area (Å²) in [5, 5.41) is 5.73. The van der Waals surface area contributed by atoms with Gasteiger partial charge in [-0.05, 0) is 61.4 Å². The van der Waals surface area contributed by atoms with E-state index in [4.69, 9.17) is 0 Å². The summed E-state index contributed by atoms with van der Waals surface area (Å²) in [6.45, 7) is 4.81. The summed E-state index contributed by atoms with van der Waals surface area (Å²) in [7, 11) is 1.57. The van der Waals surface area contributed by atoms with Gasteiger partial charge in [-0.15, -0.1) is 0 Å². The highest BCUT2D eigenvalue weighted by Gasteiger charge is 2.34. The molecule has 2 aromatic carbocycles. The minimum Gasteiger partial charge on any atom is -0.365 e. The number of nitrogens with one attached hydrogen (secondary N) is 2. The molecule has 0 unspecified atom stereocenters. The Morgan fingerprint density at radius 3 is 2.41 bits per heavy atom. The van der Waals surface area contributed by atoms with Crippen LogP contribution in [0.2, 0.25) is 0 Å². The van der Waals surface area contributed by atoms with E-state index in [9.17, 15) is 22.8 Å². The highest BCUT2D eigenvalue weighted by Crippen LogP contribution is 2.32. The van der Waals surface area contributed by atoms with Crippen molar-refractivity contribution >= 4 is 38.6 Å². The Bertz CT molecular complexity index is 1450. The first kappa shape index (κ1) is 26.4. The average Bonchev–Trinajstić information content (AvgIpc) is 2.86. The number of allylic oxidation sites excluding steroid dienone is 2. The highest BCUT2D eigenvalue weighted by atomic mass is 79.9. The Balaban J connectivity index is 1.64. The molecule has 1 aromatic heterocycles. The quantitative estimate of drug-likeness (QED) is 0.405. The van der Waals surface area contributed by atoms with Crippen LogP contribution in [0.25, 0.3) is 10.9 Å². The van der Waals surface area contributed by atoms with Crippen LogP contribution in [0.4, 0.5) is 13.2 Å². The largest absolute Gasteiger partial charge is 0.433 e. The zero-order valence-corrected chi connectivity index (χ0v) is 21.9. The lowest BCUT2D eigenvalue weighted by molar-refractivity contribution is -0.141. The van der Waals surface area contributed by atoms with E-state index in [1.54, 1.807) is 31.3 Å². The van der Waals surface area contributed by atoms with Gasteiger partial charge in [0, 0.05) is 41.3 Å². The first-order chi connectivity index (χ1) is 17.5. The molecule has 0 saturated heterocycles. The number of carbonyl (C=O) groups excluding carboxylic acids is 2. The van der Waals surface area contributed by atoms with Crippen molar-refractivity contribution in [2.45, 2.75) is 26.6 Å². The van der Waals surface area contributed by atoms with E-state index in [0.29, 0.717) is 34.2 Å². The molecule has 1 aliphatic heterocycles. The van der Waals surface area contributed by atoms with Crippen molar-refractivity contribution in [3.63, 3.8) is 0 Å². The van der Waals surface area contributed by atoms with Gasteiger partial charge in [0.1, 0.15) is 5.69 Å². The van der Waals surface area contributed by atoms with Gasteiger partial charge < -0.3 is 15.5 Å². The van der Waals surface area contributed by atoms with Crippen LogP contribution in [0.3, 0.4) is 0 Å². The maximum atomic E-state index is 13.5. The summed E-state index contributed by atoms with van der Waals surface area (Å²) in [4.78, 5) is 30.9. The normalized spacial score (nSPS) is 14.0. The van der Waals surface area contributed by atoms with Gasteiger partial charge >= 0.3 is 6.18 Å². The summed E-state index contributed by atoms with van der Waals surface area (Å²) in [5.41, 5.74) is 2.47. The third-order valence-corrected chi connectivity index (χ3v) is 6.70. The van der Waals surface area contributed by atoms with Gasteiger partial charge in [-0.25, -0.2) is 4.98 Å². The van der Waals surface area contributed by atoms with Gasteiger partial charge in [0.2, 0.25) is 0 Å². The van der Waals surface area contributed by atoms with E-state index < -0.39 is 17.8 Å². The summed E-state index contributed by atoms with van der Waals surface area (Å²) in [5.74, 6) is -0.830. The van der Waals surface area contributed by atoms with Crippen LogP contribution in [0, 0.1) is 0 Å². The number of hydrogen-bond donors (Lipinski definition) is 2. The molecule has 192 valence electrons. The van der Waals surface area contributed by atoms with E-state index in [1.165, 1.54) is 6.07 Å². The number of benzene rings is 2. The fraction of sp³-hybridized carbons (Fsp3) is 0.222. The standard InChI is InChI=1S/C27H24BrF3N4O2/c1-15-10-11-35(14-17-4-6-18(7-5-17)25(36)32-3)16(2)24(15)34-26(37)21-13-23(27(29,30)31)33-22-9-8-19(28)12-20(21)22/h4-10,12-13H,11,14H2,1-3H3,(H,32,36)(H,34,37). The molecule has 0 saturated carbocycles. The number of halogens is 4. The van der Waals surface area contributed by atoms with Gasteiger partial charge in [0.25, 0.3) is 11.8 Å². The van der Waals surface area contributed by atoms with E-state index in [1.807, 2.05) is 37.0 Å². The highest BCUT2D eigenvalue weighted by molar-refractivity contribution is 9.10. The Hall–Kier alpha value is -3.66. The Morgan fingerprint density at radius 2 is 1.76 bits per heavy atom. The Labute approximate surface area is 220 Å². The number of carbonyl (C=O) groups is 2. The van der Waals surface area contributed by atoms with E-state index in [0.717, 1.165) is 22.9 Å². The van der Waals surface area contributed by atoms with Crippen LogP contribution in [-0.2, 0) is 12.7 Å². The zero-order valence-electron chi connectivity index (χ0n) is 20.3. The van der Waals surface area contributed by atoms with Crippen molar-refractivity contribution in [2.75, 3.05) is 13.6 Å². The molecule has 3 aromatic rings. The molecule has 0 radical (unpaired) electrons. The van der Waals surface area contributed by atoms with Gasteiger partial charge in [0.05, 0.1) is 16.8 Å². The minimum atomic E-state index is -4.70. The second kappa shape index (κ2) is 10.4. The second-order valence-electron chi connectivity index (χ2n) is 8.67. The molecule has 0 atom stereocenters. The summed E-state index contributed by atoms with van der Waals surface area (Å²) in [6.07, 6.45) is -2.75. The summed E-state index contributed by atoms with van der Waals surface area (Å²) >= 11 is 3.32. The predicted molar refractivity (Wildman–Crippen MR) is 139 cm³/mol. The summed E-state index contributed by atoms with van der Waals surface area (Å²) in [6, 6.07) is 12.6. The maximum absolute atomic E-state index is 13.5.